The van der Waals surface area contributed by atoms with Gasteiger partial charge >= 0.3 is 0 Å². The van der Waals surface area contributed by atoms with Crippen LogP contribution in [0, 0.1) is 5.92 Å². The van der Waals surface area contributed by atoms with Gasteiger partial charge in [0, 0.05) is 26.2 Å². The second-order valence-corrected chi connectivity index (χ2v) is 5.26. The van der Waals surface area contributed by atoms with E-state index in [0.717, 1.165) is 26.2 Å². The van der Waals surface area contributed by atoms with Crippen LogP contribution in [0.4, 0.5) is 0 Å². The summed E-state index contributed by atoms with van der Waals surface area (Å²) in [7, 11) is 2.09. The molecule has 1 saturated heterocycles. The van der Waals surface area contributed by atoms with E-state index >= 15 is 0 Å². The Labute approximate surface area is 94.6 Å². The van der Waals surface area contributed by atoms with Crippen LogP contribution in [0.2, 0.25) is 0 Å². The monoisotopic (exact) mass is 262 g/mol. The number of rotatable bonds is 2. The summed E-state index contributed by atoms with van der Waals surface area (Å²) in [6.07, 6.45) is 0. The summed E-state index contributed by atoms with van der Waals surface area (Å²) in [5.41, 5.74) is 0. The molecule has 4 heteroatoms. The van der Waals surface area contributed by atoms with Gasteiger partial charge in [0.05, 0.1) is 4.83 Å². The largest absolute Gasteiger partial charge is 0.339 e. The van der Waals surface area contributed by atoms with E-state index in [0.29, 0.717) is 5.92 Å². The van der Waals surface area contributed by atoms with Crippen LogP contribution in [0.3, 0.4) is 0 Å². The number of alkyl halides is 1. The molecule has 0 aromatic heterocycles. The molecule has 1 amide bonds. The zero-order valence-electron chi connectivity index (χ0n) is 9.16. The van der Waals surface area contributed by atoms with Crippen LogP contribution in [0.1, 0.15) is 13.8 Å². The fraction of sp³-hybridized carbons (Fsp3) is 0.900. The maximum absolute atomic E-state index is 11.9. The van der Waals surface area contributed by atoms with E-state index in [1.54, 1.807) is 0 Å². The average Bonchev–Trinajstić information content (AvgIpc) is 2.16. The molecule has 1 aliphatic heterocycles. The maximum Gasteiger partial charge on any atom is 0.236 e. The van der Waals surface area contributed by atoms with Crippen molar-refractivity contribution in [2.45, 2.75) is 18.7 Å². The van der Waals surface area contributed by atoms with Gasteiger partial charge in [-0.2, -0.15) is 0 Å². The van der Waals surface area contributed by atoms with E-state index in [1.165, 1.54) is 0 Å². The van der Waals surface area contributed by atoms with Crippen LogP contribution in [0.25, 0.3) is 0 Å². The third kappa shape index (κ3) is 2.95. The lowest BCUT2D eigenvalue weighted by Crippen LogP contribution is -2.50. The van der Waals surface area contributed by atoms with Crippen LogP contribution in [0.5, 0.6) is 0 Å². The van der Waals surface area contributed by atoms with Gasteiger partial charge in [-0.3, -0.25) is 4.79 Å². The maximum atomic E-state index is 11.9. The minimum atomic E-state index is -0.0223. The molecule has 1 rings (SSSR count). The van der Waals surface area contributed by atoms with Crippen LogP contribution in [-0.2, 0) is 4.79 Å². The van der Waals surface area contributed by atoms with E-state index in [9.17, 15) is 4.79 Å². The smallest absolute Gasteiger partial charge is 0.236 e. The molecule has 0 saturated carbocycles. The highest BCUT2D eigenvalue weighted by Crippen LogP contribution is 2.16. The Hall–Kier alpha value is -0.0900. The van der Waals surface area contributed by atoms with Crippen molar-refractivity contribution < 1.29 is 4.79 Å². The van der Waals surface area contributed by atoms with Crippen LogP contribution >= 0.6 is 15.9 Å². The van der Waals surface area contributed by atoms with Crippen molar-refractivity contribution in [3.63, 3.8) is 0 Å². The second kappa shape index (κ2) is 5.12. The zero-order valence-corrected chi connectivity index (χ0v) is 10.7. The lowest BCUT2D eigenvalue weighted by Gasteiger charge is -2.34. The van der Waals surface area contributed by atoms with Crippen LogP contribution in [-0.4, -0.2) is 53.8 Å². The molecular weight excluding hydrogens is 244 g/mol. The summed E-state index contributed by atoms with van der Waals surface area (Å²) in [5.74, 6) is 0.607. The van der Waals surface area contributed by atoms with Crippen molar-refractivity contribution in [2.24, 2.45) is 5.92 Å². The molecule has 0 aromatic rings. The van der Waals surface area contributed by atoms with Crippen LogP contribution < -0.4 is 0 Å². The van der Waals surface area contributed by atoms with E-state index in [4.69, 9.17) is 0 Å². The Morgan fingerprint density at radius 2 is 1.71 bits per heavy atom. The van der Waals surface area contributed by atoms with Gasteiger partial charge in [-0.1, -0.05) is 29.8 Å². The summed E-state index contributed by atoms with van der Waals surface area (Å²) >= 11 is 3.45. The summed E-state index contributed by atoms with van der Waals surface area (Å²) in [5, 5.41) is 0. The number of halogens is 1. The van der Waals surface area contributed by atoms with Crippen molar-refractivity contribution in [1.82, 2.24) is 9.80 Å². The molecule has 3 nitrogen and oxygen atoms in total. The average molecular weight is 263 g/mol. The van der Waals surface area contributed by atoms with Gasteiger partial charge in [0.25, 0.3) is 0 Å². The van der Waals surface area contributed by atoms with Gasteiger partial charge in [0.2, 0.25) is 5.91 Å². The molecule has 0 aromatic carbocycles. The van der Waals surface area contributed by atoms with Gasteiger partial charge in [-0.05, 0) is 13.0 Å². The second-order valence-electron chi connectivity index (χ2n) is 4.27. The molecular formula is C10H19BrN2O. The Balaban J connectivity index is 2.45. The highest BCUT2D eigenvalue weighted by molar-refractivity contribution is 9.10. The van der Waals surface area contributed by atoms with E-state index in [2.05, 4.69) is 41.7 Å². The number of nitrogens with zero attached hydrogens (tertiary/aromatic N) is 2. The van der Waals surface area contributed by atoms with Gasteiger partial charge < -0.3 is 9.80 Å². The van der Waals surface area contributed by atoms with Crippen molar-refractivity contribution in [2.75, 3.05) is 33.2 Å². The number of piperazine rings is 1. The summed E-state index contributed by atoms with van der Waals surface area (Å²) in [6, 6.07) is 0. The number of likely N-dealkylation sites (N-methyl/N-ethyl adjacent to an activating group) is 1. The lowest BCUT2D eigenvalue weighted by molar-refractivity contribution is -0.132. The molecule has 1 atom stereocenters. The first-order valence-electron chi connectivity index (χ1n) is 5.13. The van der Waals surface area contributed by atoms with Gasteiger partial charge in [-0.25, -0.2) is 0 Å². The number of hydrogen-bond acceptors (Lipinski definition) is 2. The first-order chi connectivity index (χ1) is 6.52. The van der Waals surface area contributed by atoms with Crippen LogP contribution in [0.15, 0.2) is 0 Å². The summed E-state index contributed by atoms with van der Waals surface area (Å²) < 4.78 is 0. The molecule has 0 spiro atoms. The number of carbonyl (C=O) groups is 1. The molecule has 0 radical (unpaired) electrons. The van der Waals surface area contributed by atoms with Gasteiger partial charge in [0.1, 0.15) is 0 Å². The molecule has 1 unspecified atom stereocenters. The summed E-state index contributed by atoms with van der Waals surface area (Å²) in [4.78, 5) is 16.1. The first kappa shape index (κ1) is 12.0. The quantitative estimate of drug-likeness (QED) is 0.698. The minimum Gasteiger partial charge on any atom is -0.339 e. The standard InChI is InChI=1S/C10H19BrN2O/c1-8(2)9(11)10(14)13-6-4-12(3)5-7-13/h8-9H,4-7H2,1-3H3. The molecule has 1 heterocycles. The Morgan fingerprint density at radius 1 is 1.21 bits per heavy atom. The molecule has 82 valence electrons. The molecule has 0 bridgehead atoms. The topological polar surface area (TPSA) is 23.6 Å². The first-order valence-corrected chi connectivity index (χ1v) is 6.05. The fourth-order valence-corrected chi connectivity index (χ4v) is 1.78. The Bertz CT molecular complexity index is 200. The normalized spacial score (nSPS) is 21.4. The molecule has 0 aliphatic carbocycles. The van der Waals surface area contributed by atoms with E-state index in [1.807, 2.05) is 4.90 Å². The SMILES string of the molecule is CC(C)C(Br)C(=O)N1CCN(C)CC1. The molecule has 1 aliphatic rings. The van der Waals surface area contributed by atoms with Crippen molar-refractivity contribution >= 4 is 21.8 Å². The molecule has 1 fully saturated rings. The lowest BCUT2D eigenvalue weighted by atomic mass is 10.1. The van der Waals surface area contributed by atoms with Gasteiger partial charge in [-0.15, -0.1) is 0 Å². The Morgan fingerprint density at radius 3 is 2.14 bits per heavy atom. The Kier molecular flexibility index (Phi) is 4.38. The van der Waals surface area contributed by atoms with Crippen molar-refractivity contribution in [3.05, 3.63) is 0 Å². The molecule has 0 N–H and O–H groups in total. The zero-order chi connectivity index (χ0) is 10.7. The third-order valence-electron chi connectivity index (χ3n) is 2.64. The van der Waals surface area contributed by atoms with E-state index < -0.39 is 0 Å². The minimum absolute atomic E-state index is 0.0223. The van der Waals surface area contributed by atoms with Crippen molar-refractivity contribution in [3.8, 4) is 0 Å². The number of hydrogen-bond donors (Lipinski definition) is 0. The number of carbonyl (C=O) groups excluding carboxylic acids is 1. The van der Waals surface area contributed by atoms with Gasteiger partial charge in [0.15, 0.2) is 0 Å². The number of amides is 1. The van der Waals surface area contributed by atoms with Crippen molar-refractivity contribution in [1.29, 1.82) is 0 Å². The van der Waals surface area contributed by atoms with E-state index in [-0.39, 0.29) is 10.7 Å². The highest BCUT2D eigenvalue weighted by atomic mass is 79.9. The fourth-order valence-electron chi connectivity index (χ4n) is 1.49. The predicted molar refractivity (Wildman–Crippen MR) is 61.6 cm³/mol. The predicted octanol–water partition coefficient (Wildman–Crippen LogP) is 1.18. The highest BCUT2D eigenvalue weighted by Gasteiger charge is 2.26. The third-order valence-corrected chi connectivity index (χ3v) is 4.09. The molecule has 14 heavy (non-hydrogen) atoms. The summed E-state index contributed by atoms with van der Waals surface area (Å²) in [6.45, 7) is 7.84.